The zero-order valence-electron chi connectivity index (χ0n) is 17.4. The minimum Gasteiger partial charge on any atom is -0.493 e. The molecule has 2 aromatic carbocycles. The molecule has 3 amide bonds. The number of hydrogen-bond acceptors (Lipinski definition) is 7. The molecule has 2 heterocycles. The van der Waals surface area contributed by atoms with Crippen LogP contribution in [-0.4, -0.2) is 59.2 Å². The topological polar surface area (TPSA) is 88.5 Å². The normalized spacial score (nSPS) is 18.2. The summed E-state index contributed by atoms with van der Waals surface area (Å²) < 4.78 is 11.6. The van der Waals surface area contributed by atoms with E-state index in [-0.39, 0.29) is 18.2 Å². The number of rotatable bonds is 6. The molecule has 4 rings (SSSR count). The molecular formula is C22H20BrN3O5S. The lowest BCUT2D eigenvalue weighted by atomic mass is 9.98. The maximum Gasteiger partial charge on any atom is 0.289 e. The first-order valence-electron chi connectivity index (χ1n) is 9.75. The van der Waals surface area contributed by atoms with Crippen molar-refractivity contribution in [1.82, 2.24) is 9.91 Å². The molecule has 0 aliphatic carbocycles. The first kappa shape index (κ1) is 22.3. The van der Waals surface area contributed by atoms with Gasteiger partial charge in [-0.15, -0.1) is 0 Å². The molecule has 0 bridgehead atoms. The van der Waals surface area contributed by atoms with E-state index in [0.717, 1.165) is 38.0 Å². The molecule has 2 aliphatic heterocycles. The van der Waals surface area contributed by atoms with Gasteiger partial charge in [-0.05, 0) is 35.4 Å². The van der Waals surface area contributed by atoms with Crippen LogP contribution in [0.4, 0.5) is 4.79 Å². The highest BCUT2D eigenvalue weighted by atomic mass is 79.9. The highest BCUT2D eigenvalue weighted by molar-refractivity contribution is 9.10. The van der Waals surface area contributed by atoms with Crippen LogP contribution in [-0.2, 0) is 9.59 Å². The lowest BCUT2D eigenvalue weighted by Gasteiger charge is -2.24. The van der Waals surface area contributed by atoms with Crippen LogP contribution >= 0.6 is 27.7 Å². The van der Waals surface area contributed by atoms with Crippen molar-refractivity contribution in [2.75, 3.05) is 26.5 Å². The minimum absolute atomic E-state index is 0.0534. The van der Waals surface area contributed by atoms with Crippen LogP contribution in [0, 0.1) is 0 Å². The van der Waals surface area contributed by atoms with Crippen molar-refractivity contribution in [3.8, 4) is 11.5 Å². The number of benzene rings is 2. The fourth-order valence-electron chi connectivity index (χ4n) is 3.64. The summed E-state index contributed by atoms with van der Waals surface area (Å²) in [6, 6.07) is 12.7. The van der Waals surface area contributed by atoms with E-state index in [2.05, 4.69) is 21.0 Å². The number of thioether (sulfide) groups is 1. The molecule has 2 aliphatic rings. The maximum absolute atomic E-state index is 13.2. The SMILES string of the molecule is COc1ccc(C2CC(c3cccc(Br)c3)=NN2C(=O)CN2C(=O)CSC2=O)cc1OC. The van der Waals surface area contributed by atoms with Gasteiger partial charge in [0.2, 0.25) is 5.91 Å². The smallest absolute Gasteiger partial charge is 0.289 e. The van der Waals surface area contributed by atoms with Crippen molar-refractivity contribution in [2.24, 2.45) is 5.10 Å². The second-order valence-electron chi connectivity index (χ2n) is 7.16. The molecule has 8 nitrogen and oxygen atoms in total. The van der Waals surface area contributed by atoms with Crippen molar-refractivity contribution in [2.45, 2.75) is 12.5 Å². The Hall–Kier alpha value is -2.85. The zero-order valence-corrected chi connectivity index (χ0v) is 19.8. The van der Waals surface area contributed by atoms with Gasteiger partial charge in [0.05, 0.1) is 31.7 Å². The number of methoxy groups -OCH3 is 2. The lowest BCUT2D eigenvalue weighted by molar-refractivity contribution is -0.137. The van der Waals surface area contributed by atoms with Crippen molar-refractivity contribution in [3.63, 3.8) is 0 Å². The molecule has 0 N–H and O–H groups in total. The Labute approximate surface area is 197 Å². The molecule has 166 valence electrons. The summed E-state index contributed by atoms with van der Waals surface area (Å²) in [4.78, 5) is 38.2. The first-order valence-corrected chi connectivity index (χ1v) is 11.5. The third-order valence-corrected chi connectivity index (χ3v) is 6.60. The predicted molar refractivity (Wildman–Crippen MR) is 124 cm³/mol. The van der Waals surface area contributed by atoms with Crippen LogP contribution in [0.25, 0.3) is 0 Å². The zero-order chi connectivity index (χ0) is 22.8. The van der Waals surface area contributed by atoms with Crippen molar-refractivity contribution in [3.05, 3.63) is 58.1 Å². The van der Waals surface area contributed by atoms with Crippen molar-refractivity contribution < 1.29 is 23.9 Å². The molecule has 0 spiro atoms. The van der Waals surface area contributed by atoms with Crippen LogP contribution < -0.4 is 9.47 Å². The fourth-order valence-corrected chi connectivity index (χ4v) is 4.77. The summed E-state index contributed by atoms with van der Waals surface area (Å²) >= 11 is 4.37. The Morgan fingerprint density at radius 1 is 1.16 bits per heavy atom. The van der Waals surface area contributed by atoms with Crippen molar-refractivity contribution >= 4 is 50.5 Å². The molecule has 0 aromatic heterocycles. The number of hydrazone groups is 1. The Bertz CT molecular complexity index is 1110. The molecule has 10 heteroatoms. The number of imide groups is 1. The van der Waals surface area contributed by atoms with Crippen LogP contribution in [0.3, 0.4) is 0 Å². The summed E-state index contributed by atoms with van der Waals surface area (Å²) in [6.45, 7) is -0.344. The Morgan fingerprint density at radius 3 is 2.59 bits per heavy atom. The quantitative estimate of drug-likeness (QED) is 0.578. The third-order valence-electron chi connectivity index (χ3n) is 5.25. The van der Waals surface area contributed by atoms with Gasteiger partial charge in [0.1, 0.15) is 6.54 Å². The summed E-state index contributed by atoms with van der Waals surface area (Å²) in [5, 5.41) is 5.55. The Morgan fingerprint density at radius 2 is 1.94 bits per heavy atom. The van der Waals surface area contributed by atoms with E-state index in [1.807, 2.05) is 36.4 Å². The third kappa shape index (κ3) is 4.37. The van der Waals surface area contributed by atoms with E-state index in [1.165, 1.54) is 5.01 Å². The number of ether oxygens (including phenoxy) is 2. The molecule has 2 aromatic rings. The lowest BCUT2D eigenvalue weighted by Crippen LogP contribution is -2.40. The molecule has 1 fully saturated rings. The number of halogens is 1. The van der Waals surface area contributed by atoms with E-state index in [1.54, 1.807) is 20.3 Å². The van der Waals surface area contributed by atoms with Gasteiger partial charge in [0, 0.05) is 10.9 Å². The molecular weight excluding hydrogens is 498 g/mol. The van der Waals surface area contributed by atoms with Gasteiger partial charge in [0.25, 0.3) is 11.1 Å². The van der Waals surface area contributed by atoms with Gasteiger partial charge in [-0.25, -0.2) is 5.01 Å². The average Bonchev–Trinajstić information content (AvgIpc) is 3.38. The van der Waals surface area contributed by atoms with E-state index in [9.17, 15) is 14.4 Å². The van der Waals surface area contributed by atoms with Crippen LogP contribution in [0.1, 0.15) is 23.6 Å². The van der Waals surface area contributed by atoms with Gasteiger partial charge in [-0.1, -0.05) is 45.9 Å². The minimum atomic E-state index is -0.431. The second-order valence-corrected chi connectivity index (χ2v) is 9.01. The van der Waals surface area contributed by atoms with E-state index < -0.39 is 17.2 Å². The fraction of sp³-hybridized carbons (Fsp3) is 0.273. The van der Waals surface area contributed by atoms with Crippen LogP contribution in [0.2, 0.25) is 0 Å². The van der Waals surface area contributed by atoms with Gasteiger partial charge in [0.15, 0.2) is 11.5 Å². The van der Waals surface area contributed by atoms with Crippen molar-refractivity contribution in [1.29, 1.82) is 0 Å². The molecule has 1 unspecified atom stereocenters. The average molecular weight is 518 g/mol. The highest BCUT2D eigenvalue weighted by Gasteiger charge is 2.38. The molecule has 1 saturated heterocycles. The largest absolute Gasteiger partial charge is 0.493 e. The molecule has 32 heavy (non-hydrogen) atoms. The second kappa shape index (κ2) is 9.33. The number of amides is 3. The highest BCUT2D eigenvalue weighted by Crippen LogP contribution is 2.37. The van der Waals surface area contributed by atoms with Crippen LogP contribution in [0.5, 0.6) is 11.5 Å². The van der Waals surface area contributed by atoms with Crippen LogP contribution in [0.15, 0.2) is 52.0 Å². The van der Waals surface area contributed by atoms with Gasteiger partial charge < -0.3 is 9.47 Å². The number of nitrogens with zero attached hydrogens (tertiary/aromatic N) is 3. The molecule has 1 atom stereocenters. The number of hydrogen-bond donors (Lipinski definition) is 0. The summed E-state index contributed by atoms with van der Waals surface area (Å²) in [5.41, 5.74) is 2.41. The summed E-state index contributed by atoms with van der Waals surface area (Å²) in [5.74, 6) is 0.364. The van der Waals surface area contributed by atoms with Gasteiger partial charge in [-0.2, -0.15) is 5.10 Å². The summed E-state index contributed by atoms with van der Waals surface area (Å²) in [6.07, 6.45) is 0.467. The monoisotopic (exact) mass is 517 g/mol. The maximum atomic E-state index is 13.2. The summed E-state index contributed by atoms with van der Waals surface area (Å²) in [7, 11) is 3.10. The van der Waals surface area contributed by atoms with Gasteiger partial charge >= 0.3 is 0 Å². The Balaban J connectivity index is 1.68. The Kier molecular flexibility index (Phi) is 6.52. The number of carbonyl (C=O) groups excluding carboxylic acids is 3. The van der Waals surface area contributed by atoms with E-state index in [0.29, 0.717) is 17.9 Å². The molecule has 0 saturated carbocycles. The standard InChI is InChI=1S/C22H20BrN3O5S/c1-30-18-7-6-14(9-19(18)31-2)17-10-16(13-4-3-5-15(23)8-13)24-26(17)20(27)11-25-21(28)12-32-22(25)29/h3-9,17H,10-12H2,1-2H3. The predicted octanol–water partition coefficient (Wildman–Crippen LogP) is 3.84. The number of carbonyl (C=O) groups is 3. The van der Waals surface area contributed by atoms with E-state index in [4.69, 9.17) is 9.47 Å². The first-order chi connectivity index (χ1) is 15.4. The van der Waals surface area contributed by atoms with Gasteiger partial charge in [-0.3, -0.25) is 19.3 Å². The molecule has 0 radical (unpaired) electrons. The van der Waals surface area contributed by atoms with E-state index >= 15 is 0 Å².